The van der Waals surface area contributed by atoms with E-state index in [1.54, 1.807) is 14.2 Å². The summed E-state index contributed by atoms with van der Waals surface area (Å²) in [6.07, 6.45) is 0. The van der Waals surface area contributed by atoms with E-state index in [0.29, 0.717) is 0 Å². The molecule has 0 aliphatic carbocycles. The Labute approximate surface area is 126 Å². The molecule has 112 valence electrons. The Morgan fingerprint density at radius 2 is 1.57 bits per heavy atom. The Hall–Kier alpha value is -2.16. The topological polar surface area (TPSA) is 30.5 Å². The number of hydrogen-bond donors (Lipinski definition) is 1. The zero-order chi connectivity index (χ0) is 15.4. The quantitative estimate of drug-likeness (QED) is 0.877. The summed E-state index contributed by atoms with van der Waals surface area (Å²) < 4.78 is 10.7. The van der Waals surface area contributed by atoms with E-state index in [0.717, 1.165) is 22.7 Å². The van der Waals surface area contributed by atoms with Crippen LogP contribution < -0.4 is 14.8 Å². The lowest BCUT2D eigenvalue weighted by molar-refractivity contribution is 0.390. The van der Waals surface area contributed by atoms with Gasteiger partial charge in [-0.25, -0.2) is 0 Å². The summed E-state index contributed by atoms with van der Waals surface area (Å²) in [6.45, 7) is 6.34. The van der Waals surface area contributed by atoms with Gasteiger partial charge < -0.3 is 14.8 Å². The van der Waals surface area contributed by atoms with Crippen LogP contribution in [0.3, 0.4) is 0 Å². The summed E-state index contributed by atoms with van der Waals surface area (Å²) in [7, 11) is 3.34. The Bertz CT molecular complexity index is 602. The Balaban J connectivity index is 2.25. The maximum atomic E-state index is 5.47. The van der Waals surface area contributed by atoms with Crippen LogP contribution in [0.5, 0.6) is 11.5 Å². The van der Waals surface area contributed by atoms with Gasteiger partial charge in [-0.15, -0.1) is 0 Å². The maximum Gasteiger partial charge on any atom is 0.127 e. The van der Waals surface area contributed by atoms with E-state index in [1.807, 2.05) is 18.2 Å². The van der Waals surface area contributed by atoms with Crippen molar-refractivity contribution in [2.24, 2.45) is 0 Å². The van der Waals surface area contributed by atoms with E-state index in [-0.39, 0.29) is 6.04 Å². The van der Waals surface area contributed by atoms with E-state index >= 15 is 0 Å². The van der Waals surface area contributed by atoms with Gasteiger partial charge in [0.25, 0.3) is 0 Å². The van der Waals surface area contributed by atoms with Crippen LogP contribution in [0.4, 0.5) is 5.69 Å². The number of benzene rings is 2. The molecule has 0 aliphatic rings. The molecule has 0 saturated carbocycles. The third-order valence-electron chi connectivity index (χ3n) is 3.51. The Morgan fingerprint density at radius 3 is 2.14 bits per heavy atom. The SMILES string of the molecule is COc1ccc(C(C)Nc2cc(C)cc(C)c2)c(OC)c1. The molecule has 0 aromatic heterocycles. The number of rotatable bonds is 5. The molecule has 0 radical (unpaired) electrons. The van der Waals surface area contributed by atoms with Gasteiger partial charge in [0.2, 0.25) is 0 Å². The highest BCUT2D eigenvalue weighted by Crippen LogP contribution is 2.31. The molecular weight excluding hydrogens is 262 g/mol. The maximum absolute atomic E-state index is 5.47. The third kappa shape index (κ3) is 3.69. The summed E-state index contributed by atoms with van der Waals surface area (Å²) >= 11 is 0. The van der Waals surface area contributed by atoms with Gasteiger partial charge in [-0.05, 0) is 56.2 Å². The standard InChI is InChI=1S/C18H23NO2/c1-12-8-13(2)10-15(9-12)19-14(3)17-7-6-16(20-4)11-18(17)21-5/h6-11,14,19H,1-5H3. The van der Waals surface area contributed by atoms with Crippen molar-refractivity contribution < 1.29 is 9.47 Å². The van der Waals surface area contributed by atoms with Crippen LogP contribution in [0.15, 0.2) is 36.4 Å². The van der Waals surface area contributed by atoms with E-state index < -0.39 is 0 Å². The molecule has 21 heavy (non-hydrogen) atoms. The van der Waals surface area contributed by atoms with Crippen LogP contribution in [-0.2, 0) is 0 Å². The number of hydrogen-bond acceptors (Lipinski definition) is 3. The minimum Gasteiger partial charge on any atom is -0.497 e. The smallest absolute Gasteiger partial charge is 0.127 e. The molecule has 3 heteroatoms. The normalized spacial score (nSPS) is 11.9. The van der Waals surface area contributed by atoms with Gasteiger partial charge in [-0.2, -0.15) is 0 Å². The second kappa shape index (κ2) is 6.53. The van der Waals surface area contributed by atoms with Crippen LogP contribution in [0, 0.1) is 13.8 Å². The van der Waals surface area contributed by atoms with Crippen LogP contribution in [0.1, 0.15) is 29.7 Å². The fourth-order valence-electron chi connectivity index (χ4n) is 2.56. The van der Waals surface area contributed by atoms with Crippen LogP contribution in [-0.4, -0.2) is 14.2 Å². The first-order valence-corrected chi connectivity index (χ1v) is 7.10. The van der Waals surface area contributed by atoms with Gasteiger partial charge in [0.05, 0.1) is 20.3 Å². The number of ether oxygens (including phenoxy) is 2. The second-order valence-corrected chi connectivity index (χ2v) is 5.35. The van der Waals surface area contributed by atoms with Crippen LogP contribution in [0.25, 0.3) is 0 Å². The van der Waals surface area contributed by atoms with Crippen molar-refractivity contribution >= 4 is 5.69 Å². The summed E-state index contributed by atoms with van der Waals surface area (Å²) in [5, 5.41) is 3.53. The third-order valence-corrected chi connectivity index (χ3v) is 3.51. The fraction of sp³-hybridized carbons (Fsp3) is 0.333. The molecule has 2 rings (SSSR count). The highest BCUT2D eigenvalue weighted by atomic mass is 16.5. The van der Waals surface area contributed by atoms with Gasteiger partial charge in [-0.1, -0.05) is 6.07 Å². The molecule has 1 N–H and O–H groups in total. The lowest BCUT2D eigenvalue weighted by Gasteiger charge is -2.19. The zero-order valence-corrected chi connectivity index (χ0v) is 13.4. The predicted molar refractivity (Wildman–Crippen MR) is 87.5 cm³/mol. The highest BCUT2D eigenvalue weighted by Gasteiger charge is 2.12. The zero-order valence-electron chi connectivity index (χ0n) is 13.4. The minimum atomic E-state index is 0.145. The van der Waals surface area contributed by atoms with Gasteiger partial charge in [0.15, 0.2) is 0 Å². The molecule has 0 spiro atoms. The molecule has 0 bridgehead atoms. The Kier molecular flexibility index (Phi) is 4.73. The monoisotopic (exact) mass is 285 g/mol. The highest BCUT2D eigenvalue weighted by molar-refractivity contribution is 5.52. The molecule has 0 aliphatic heterocycles. The molecule has 0 fully saturated rings. The Morgan fingerprint density at radius 1 is 0.905 bits per heavy atom. The molecule has 0 saturated heterocycles. The summed E-state index contributed by atoms with van der Waals surface area (Å²) in [4.78, 5) is 0. The first-order valence-electron chi connectivity index (χ1n) is 7.10. The summed E-state index contributed by atoms with van der Waals surface area (Å²) in [5.74, 6) is 1.63. The van der Waals surface area contributed by atoms with Gasteiger partial charge in [-0.3, -0.25) is 0 Å². The lowest BCUT2D eigenvalue weighted by atomic mass is 10.1. The largest absolute Gasteiger partial charge is 0.497 e. The van der Waals surface area contributed by atoms with Crippen molar-refractivity contribution in [2.75, 3.05) is 19.5 Å². The van der Waals surface area contributed by atoms with Gasteiger partial charge in [0, 0.05) is 17.3 Å². The molecule has 2 aromatic carbocycles. The van der Waals surface area contributed by atoms with Crippen molar-refractivity contribution in [3.63, 3.8) is 0 Å². The van der Waals surface area contributed by atoms with Crippen molar-refractivity contribution in [3.8, 4) is 11.5 Å². The molecular formula is C18H23NO2. The fourth-order valence-corrected chi connectivity index (χ4v) is 2.56. The average molecular weight is 285 g/mol. The minimum absolute atomic E-state index is 0.145. The van der Waals surface area contributed by atoms with Crippen molar-refractivity contribution in [1.29, 1.82) is 0 Å². The number of methoxy groups -OCH3 is 2. The number of aryl methyl sites for hydroxylation is 2. The van der Waals surface area contributed by atoms with Crippen molar-refractivity contribution in [2.45, 2.75) is 26.8 Å². The second-order valence-electron chi connectivity index (χ2n) is 5.35. The van der Waals surface area contributed by atoms with Gasteiger partial charge >= 0.3 is 0 Å². The van der Waals surface area contributed by atoms with E-state index in [4.69, 9.17) is 9.47 Å². The van der Waals surface area contributed by atoms with E-state index in [2.05, 4.69) is 44.3 Å². The van der Waals surface area contributed by atoms with Crippen molar-refractivity contribution in [1.82, 2.24) is 0 Å². The number of nitrogens with one attached hydrogen (secondary N) is 1. The molecule has 0 heterocycles. The van der Waals surface area contributed by atoms with Crippen molar-refractivity contribution in [3.05, 3.63) is 53.1 Å². The van der Waals surface area contributed by atoms with Gasteiger partial charge in [0.1, 0.15) is 11.5 Å². The molecule has 2 aromatic rings. The molecule has 1 atom stereocenters. The predicted octanol–water partition coefficient (Wildman–Crippen LogP) is 4.49. The average Bonchev–Trinajstić information content (AvgIpc) is 2.45. The van der Waals surface area contributed by atoms with E-state index in [9.17, 15) is 0 Å². The summed E-state index contributed by atoms with van der Waals surface area (Å²) in [5.41, 5.74) is 4.74. The molecule has 0 amide bonds. The van der Waals surface area contributed by atoms with Crippen LogP contribution in [0.2, 0.25) is 0 Å². The summed E-state index contributed by atoms with van der Waals surface area (Å²) in [6, 6.07) is 12.5. The first-order chi connectivity index (χ1) is 10.0. The van der Waals surface area contributed by atoms with Crippen LogP contribution >= 0.6 is 0 Å². The first kappa shape index (κ1) is 15.2. The molecule has 3 nitrogen and oxygen atoms in total. The number of anilines is 1. The lowest BCUT2D eigenvalue weighted by Crippen LogP contribution is -2.08. The molecule has 1 unspecified atom stereocenters. The van der Waals surface area contributed by atoms with E-state index in [1.165, 1.54) is 11.1 Å².